The lowest BCUT2D eigenvalue weighted by atomic mass is 10.1. The molecule has 30 heavy (non-hydrogen) atoms. The molecule has 0 atom stereocenters. The fourth-order valence-corrected chi connectivity index (χ4v) is 3.33. The van der Waals surface area contributed by atoms with Crippen molar-refractivity contribution in [2.75, 3.05) is 11.9 Å². The first-order valence-corrected chi connectivity index (χ1v) is 11.0. The number of nitrogens with one attached hydrogen (secondary N) is 1. The lowest BCUT2D eigenvalue weighted by molar-refractivity contribution is 0.0692. The molecule has 2 N–H and O–H groups in total. The first kappa shape index (κ1) is 23.5. The minimum absolute atomic E-state index is 0.0206. The second kappa shape index (κ2) is 13.4. The Morgan fingerprint density at radius 3 is 2.13 bits per heavy atom. The van der Waals surface area contributed by atoms with Gasteiger partial charge in [-0.1, -0.05) is 76.5 Å². The van der Waals surface area contributed by atoms with Crippen molar-refractivity contribution >= 4 is 17.6 Å². The van der Waals surface area contributed by atoms with Crippen LogP contribution >= 0.6 is 0 Å². The predicted molar refractivity (Wildman–Crippen MR) is 121 cm³/mol. The summed E-state index contributed by atoms with van der Waals surface area (Å²) in [5.74, 6) is -0.887. The number of carbonyl (C=O) groups excluding carboxylic acids is 1. The number of anilines is 1. The van der Waals surface area contributed by atoms with Gasteiger partial charge in [0.25, 0.3) is 5.91 Å². The lowest BCUT2D eigenvalue weighted by Crippen LogP contribution is -2.16. The van der Waals surface area contributed by atoms with E-state index in [1.807, 2.05) is 12.1 Å². The van der Waals surface area contributed by atoms with Crippen molar-refractivity contribution in [1.29, 1.82) is 0 Å². The van der Waals surface area contributed by atoms with Crippen molar-refractivity contribution < 1.29 is 19.4 Å². The minimum Gasteiger partial charge on any atom is -0.494 e. The molecule has 0 heterocycles. The monoisotopic (exact) mass is 411 g/mol. The first-order valence-electron chi connectivity index (χ1n) is 11.0. The van der Waals surface area contributed by atoms with E-state index in [1.165, 1.54) is 57.1 Å². The van der Waals surface area contributed by atoms with E-state index in [0.29, 0.717) is 18.0 Å². The van der Waals surface area contributed by atoms with E-state index in [4.69, 9.17) is 4.74 Å². The standard InChI is InChI=1S/C25H33NO4/c1-2-3-4-5-6-7-8-9-12-18-30-21-15-13-14-20(19-21)26-24(27)22-16-10-11-17-23(22)25(28)29/h10-11,13-17,19H,2-9,12,18H2,1H3,(H,26,27)(H,28,29). The molecule has 0 saturated heterocycles. The quantitative estimate of drug-likeness (QED) is 0.346. The number of unbranched alkanes of at least 4 members (excludes halogenated alkanes) is 8. The summed E-state index contributed by atoms with van der Waals surface area (Å²) >= 11 is 0. The molecule has 0 aliphatic carbocycles. The summed E-state index contributed by atoms with van der Waals surface area (Å²) in [6.07, 6.45) is 11.4. The average molecular weight is 412 g/mol. The number of carboxylic acids is 1. The molecule has 0 aliphatic rings. The van der Waals surface area contributed by atoms with E-state index in [2.05, 4.69) is 12.2 Å². The van der Waals surface area contributed by atoms with E-state index >= 15 is 0 Å². The third-order valence-electron chi connectivity index (χ3n) is 5.01. The third-order valence-corrected chi connectivity index (χ3v) is 5.01. The van der Waals surface area contributed by atoms with Crippen LogP contribution in [0.1, 0.15) is 85.4 Å². The van der Waals surface area contributed by atoms with Crippen LogP contribution in [0, 0.1) is 0 Å². The molecule has 1 amide bonds. The van der Waals surface area contributed by atoms with Crippen molar-refractivity contribution in [3.63, 3.8) is 0 Å². The number of rotatable bonds is 14. The first-order chi connectivity index (χ1) is 14.6. The molecule has 5 heteroatoms. The fraction of sp³-hybridized carbons (Fsp3) is 0.440. The molecule has 5 nitrogen and oxygen atoms in total. The largest absolute Gasteiger partial charge is 0.494 e. The maximum absolute atomic E-state index is 12.5. The van der Waals surface area contributed by atoms with Crippen LogP contribution in [-0.4, -0.2) is 23.6 Å². The minimum atomic E-state index is -1.13. The Hall–Kier alpha value is -2.82. The maximum Gasteiger partial charge on any atom is 0.336 e. The molecule has 2 aromatic carbocycles. The average Bonchev–Trinajstić information content (AvgIpc) is 2.75. The highest BCUT2D eigenvalue weighted by atomic mass is 16.5. The number of carbonyl (C=O) groups is 2. The van der Waals surface area contributed by atoms with Gasteiger partial charge in [0, 0.05) is 11.8 Å². The normalized spacial score (nSPS) is 10.6. The van der Waals surface area contributed by atoms with Gasteiger partial charge in [-0.05, 0) is 30.7 Å². The zero-order valence-corrected chi connectivity index (χ0v) is 17.9. The second-order valence-corrected chi connectivity index (χ2v) is 7.51. The van der Waals surface area contributed by atoms with Crippen LogP contribution in [0.15, 0.2) is 48.5 Å². The SMILES string of the molecule is CCCCCCCCCCCOc1cccc(NC(=O)c2ccccc2C(=O)O)c1. The van der Waals surface area contributed by atoms with E-state index in [1.54, 1.807) is 24.3 Å². The fourth-order valence-electron chi connectivity index (χ4n) is 3.33. The maximum atomic E-state index is 12.5. The van der Waals surface area contributed by atoms with Crippen molar-refractivity contribution in [2.24, 2.45) is 0 Å². The number of aromatic carboxylic acids is 1. The van der Waals surface area contributed by atoms with Crippen LogP contribution in [0.2, 0.25) is 0 Å². The van der Waals surface area contributed by atoms with E-state index in [0.717, 1.165) is 12.8 Å². The van der Waals surface area contributed by atoms with Gasteiger partial charge < -0.3 is 15.2 Å². The Kier molecular flexibility index (Phi) is 10.5. The topological polar surface area (TPSA) is 75.6 Å². The third kappa shape index (κ3) is 8.27. The smallest absolute Gasteiger partial charge is 0.336 e. The molecular formula is C25H33NO4. The zero-order valence-electron chi connectivity index (χ0n) is 17.9. The molecule has 0 unspecified atom stereocenters. The highest BCUT2D eigenvalue weighted by Crippen LogP contribution is 2.20. The Morgan fingerprint density at radius 2 is 1.47 bits per heavy atom. The summed E-state index contributed by atoms with van der Waals surface area (Å²) in [7, 11) is 0. The Morgan fingerprint density at radius 1 is 0.833 bits per heavy atom. The number of ether oxygens (including phenoxy) is 1. The number of carboxylic acid groups (broad SMARTS) is 1. The molecule has 2 aromatic rings. The van der Waals surface area contributed by atoms with Crippen molar-refractivity contribution in [1.82, 2.24) is 0 Å². The molecular weight excluding hydrogens is 378 g/mol. The van der Waals surface area contributed by atoms with Gasteiger partial charge in [-0.15, -0.1) is 0 Å². The number of hydrogen-bond donors (Lipinski definition) is 2. The van der Waals surface area contributed by atoms with E-state index < -0.39 is 11.9 Å². The summed E-state index contributed by atoms with van der Waals surface area (Å²) < 4.78 is 5.81. The molecule has 0 aliphatic heterocycles. The van der Waals surface area contributed by atoms with Gasteiger partial charge in [0.15, 0.2) is 0 Å². The van der Waals surface area contributed by atoms with Crippen molar-refractivity contribution in [3.05, 3.63) is 59.7 Å². The van der Waals surface area contributed by atoms with Gasteiger partial charge in [-0.25, -0.2) is 4.79 Å². The van der Waals surface area contributed by atoms with Gasteiger partial charge >= 0.3 is 5.97 Å². The zero-order chi connectivity index (χ0) is 21.6. The summed E-state index contributed by atoms with van der Waals surface area (Å²) in [6, 6.07) is 13.3. The van der Waals surface area contributed by atoms with E-state index in [9.17, 15) is 14.7 Å². The van der Waals surface area contributed by atoms with Crippen LogP contribution in [0.25, 0.3) is 0 Å². The van der Waals surface area contributed by atoms with Crippen LogP contribution in [0.3, 0.4) is 0 Å². The molecule has 0 spiro atoms. The van der Waals surface area contributed by atoms with Gasteiger partial charge in [0.2, 0.25) is 0 Å². The summed E-state index contributed by atoms with van der Waals surface area (Å²) in [6.45, 7) is 2.89. The molecule has 0 aromatic heterocycles. The Bertz CT molecular complexity index is 803. The van der Waals surface area contributed by atoms with Crippen LogP contribution in [-0.2, 0) is 0 Å². The van der Waals surface area contributed by atoms with Crippen LogP contribution in [0.4, 0.5) is 5.69 Å². The van der Waals surface area contributed by atoms with Gasteiger partial charge in [0.1, 0.15) is 5.75 Å². The summed E-state index contributed by atoms with van der Waals surface area (Å²) in [4.78, 5) is 23.8. The lowest BCUT2D eigenvalue weighted by Gasteiger charge is -2.10. The number of hydrogen-bond acceptors (Lipinski definition) is 3. The van der Waals surface area contributed by atoms with Gasteiger partial charge in [0.05, 0.1) is 17.7 Å². The molecule has 0 radical (unpaired) electrons. The molecule has 2 rings (SSSR count). The van der Waals surface area contributed by atoms with Crippen LogP contribution in [0.5, 0.6) is 5.75 Å². The predicted octanol–water partition coefficient (Wildman–Crippen LogP) is 6.55. The highest BCUT2D eigenvalue weighted by Gasteiger charge is 2.15. The summed E-state index contributed by atoms with van der Waals surface area (Å²) in [5.41, 5.74) is 0.684. The molecule has 0 saturated carbocycles. The Labute approximate surface area is 179 Å². The number of amides is 1. The Balaban J connectivity index is 1.73. The molecule has 0 fully saturated rings. The van der Waals surface area contributed by atoms with Crippen LogP contribution < -0.4 is 10.1 Å². The van der Waals surface area contributed by atoms with E-state index in [-0.39, 0.29) is 11.1 Å². The second-order valence-electron chi connectivity index (χ2n) is 7.51. The van der Waals surface area contributed by atoms with Gasteiger partial charge in [-0.2, -0.15) is 0 Å². The molecule has 162 valence electrons. The molecule has 0 bridgehead atoms. The highest BCUT2D eigenvalue weighted by molar-refractivity contribution is 6.10. The van der Waals surface area contributed by atoms with Gasteiger partial charge in [-0.3, -0.25) is 4.79 Å². The van der Waals surface area contributed by atoms with Crippen molar-refractivity contribution in [2.45, 2.75) is 64.7 Å². The summed E-state index contributed by atoms with van der Waals surface area (Å²) in [5, 5.41) is 12.0. The van der Waals surface area contributed by atoms with Crippen molar-refractivity contribution in [3.8, 4) is 5.75 Å². The number of benzene rings is 2.